The van der Waals surface area contributed by atoms with E-state index >= 15 is 0 Å². The van der Waals surface area contributed by atoms with Crippen LogP contribution in [0, 0.1) is 0 Å². The fourth-order valence-corrected chi connectivity index (χ4v) is 1.97. The molecule has 2 N–H and O–H groups in total. The van der Waals surface area contributed by atoms with Crippen molar-refractivity contribution in [1.29, 1.82) is 0 Å². The zero-order valence-electron chi connectivity index (χ0n) is 10.6. The average Bonchev–Trinajstić information content (AvgIpc) is 2.38. The normalized spacial score (nSPS) is 16.0. The summed E-state index contributed by atoms with van der Waals surface area (Å²) >= 11 is 0. The van der Waals surface area contributed by atoms with Crippen LogP contribution in [0.1, 0.15) is 32.3 Å². The first-order chi connectivity index (χ1) is 8.04. The Kier molecular flexibility index (Phi) is 4.63. The SMILES string of the molecule is CCC(N)C(C)(CC(=O)OC)c1cccnc1. The van der Waals surface area contributed by atoms with Gasteiger partial charge in [0.25, 0.3) is 0 Å². The maximum Gasteiger partial charge on any atom is 0.306 e. The topological polar surface area (TPSA) is 65.2 Å². The Balaban J connectivity index is 3.06. The highest BCUT2D eigenvalue weighted by atomic mass is 16.5. The van der Waals surface area contributed by atoms with Crippen LogP contribution in [0.4, 0.5) is 0 Å². The Bertz CT molecular complexity index is 367. The first-order valence-electron chi connectivity index (χ1n) is 5.77. The Morgan fingerprint density at radius 1 is 1.65 bits per heavy atom. The van der Waals surface area contributed by atoms with Crippen molar-refractivity contribution in [1.82, 2.24) is 4.98 Å². The monoisotopic (exact) mass is 236 g/mol. The molecule has 0 saturated heterocycles. The number of carbonyl (C=O) groups excluding carboxylic acids is 1. The van der Waals surface area contributed by atoms with Gasteiger partial charge >= 0.3 is 5.97 Å². The molecule has 1 heterocycles. The van der Waals surface area contributed by atoms with Gasteiger partial charge in [-0.25, -0.2) is 0 Å². The second-order valence-corrected chi connectivity index (χ2v) is 4.43. The lowest BCUT2D eigenvalue weighted by Crippen LogP contribution is -2.44. The van der Waals surface area contributed by atoms with Gasteiger partial charge in [-0.05, 0) is 18.1 Å². The summed E-state index contributed by atoms with van der Waals surface area (Å²) in [6.07, 6.45) is 4.53. The molecule has 2 unspecified atom stereocenters. The van der Waals surface area contributed by atoms with E-state index in [0.29, 0.717) is 0 Å². The van der Waals surface area contributed by atoms with Crippen molar-refractivity contribution >= 4 is 5.97 Å². The molecule has 0 fully saturated rings. The van der Waals surface area contributed by atoms with Gasteiger partial charge in [0.1, 0.15) is 0 Å². The molecule has 0 spiro atoms. The summed E-state index contributed by atoms with van der Waals surface area (Å²) in [4.78, 5) is 15.6. The van der Waals surface area contributed by atoms with Crippen LogP contribution in [0.3, 0.4) is 0 Å². The zero-order valence-corrected chi connectivity index (χ0v) is 10.6. The summed E-state index contributed by atoms with van der Waals surface area (Å²) in [5.41, 5.74) is 6.69. The van der Waals surface area contributed by atoms with E-state index in [-0.39, 0.29) is 18.4 Å². The van der Waals surface area contributed by atoms with Crippen LogP contribution in [0.2, 0.25) is 0 Å². The standard InChI is InChI=1S/C13H20N2O2/c1-4-11(14)13(2,8-12(16)17-3)10-6-5-7-15-9-10/h5-7,9,11H,4,8,14H2,1-3H3. The number of esters is 1. The lowest BCUT2D eigenvalue weighted by molar-refractivity contribution is -0.142. The quantitative estimate of drug-likeness (QED) is 0.789. The third-order valence-corrected chi connectivity index (χ3v) is 3.32. The molecule has 1 rings (SSSR count). The van der Waals surface area contributed by atoms with Crippen LogP contribution >= 0.6 is 0 Å². The molecule has 0 aliphatic carbocycles. The molecule has 4 heteroatoms. The van der Waals surface area contributed by atoms with Crippen molar-refractivity contribution in [2.24, 2.45) is 5.73 Å². The lowest BCUT2D eigenvalue weighted by Gasteiger charge is -2.34. The number of methoxy groups -OCH3 is 1. The van der Waals surface area contributed by atoms with Crippen molar-refractivity contribution in [2.75, 3.05) is 7.11 Å². The van der Waals surface area contributed by atoms with Crippen molar-refractivity contribution in [2.45, 2.75) is 38.1 Å². The highest BCUT2D eigenvalue weighted by Gasteiger charge is 2.35. The summed E-state index contributed by atoms with van der Waals surface area (Å²) in [6.45, 7) is 3.99. The summed E-state index contributed by atoms with van der Waals surface area (Å²) in [5, 5.41) is 0. The van der Waals surface area contributed by atoms with E-state index in [2.05, 4.69) is 4.98 Å². The Morgan fingerprint density at radius 3 is 2.82 bits per heavy atom. The van der Waals surface area contributed by atoms with E-state index in [9.17, 15) is 4.79 Å². The van der Waals surface area contributed by atoms with Crippen molar-refractivity contribution < 1.29 is 9.53 Å². The molecule has 0 aromatic carbocycles. The van der Waals surface area contributed by atoms with Crippen LogP contribution in [0.25, 0.3) is 0 Å². The highest BCUT2D eigenvalue weighted by Crippen LogP contribution is 2.31. The van der Waals surface area contributed by atoms with Crippen LogP contribution in [-0.4, -0.2) is 24.1 Å². The van der Waals surface area contributed by atoms with E-state index in [4.69, 9.17) is 10.5 Å². The van der Waals surface area contributed by atoms with E-state index < -0.39 is 5.41 Å². The number of ether oxygens (including phenoxy) is 1. The fraction of sp³-hybridized carbons (Fsp3) is 0.538. The molecule has 0 saturated carbocycles. The van der Waals surface area contributed by atoms with E-state index in [1.54, 1.807) is 12.4 Å². The van der Waals surface area contributed by atoms with Crippen molar-refractivity contribution in [3.63, 3.8) is 0 Å². The second kappa shape index (κ2) is 5.77. The fourth-order valence-electron chi connectivity index (χ4n) is 1.97. The molecule has 2 atom stereocenters. The molecule has 0 aliphatic heterocycles. The first kappa shape index (κ1) is 13.6. The summed E-state index contributed by atoms with van der Waals surface area (Å²) in [6, 6.07) is 3.70. The predicted octanol–water partition coefficient (Wildman–Crippen LogP) is 1.64. The minimum absolute atomic E-state index is 0.106. The first-order valence-corrected chi connectivity index (χ1v) is 5.77. The summed E-state index contributed by atoms with van der Waals surface area (Å²) < 4.78 is 4.75. The van der Waals surface area contributed by atoms with E-state index in [1.165, 1.54) is 7.11 Å². The van der Waals surface area contributed by atoms with Gasteiger partial charge in [0.05, 0.1) is 13.5 Å². The number of hydrogen-bond acceptors (Lipinski definition) is 4. The number of carbonyl (C=O) groups is 1. The van der Waals surface area contributed by atoms with Crippen LogP contribution in [0.15, 0.2) is 24.5 Å². The maximum atomic E-state index is 11.5. The maximum absolute atomic E-state index is 11.5. The number of aromatic nitrogens is 1. The Morgan fingerprint density at radius 2 is 2.35 bits per heavy atom. The molecule has 1 aromatic rings. The van der Waals surface area contributed by atoms with Gasteiger partial charge in [0.15, 0.2) is 0 Å². The molecule has 0 radical (unpaired) electrons. The van der Waals surface area contributed by atoms with Gasteiger partial charge in [0.2, 0.25) is 0 Å². The second-order valence-electron chi connectivity index (χ2n) is 4.43. The molecule has 1 aromatic heterocycles. The number of rotatable bonds is 5. The number of hydrogen-bond donors (Lipinski definition) is 1. The molecule has 4 nitrogen and oxygen atoms in total. The average molecular weight is 236 g/mol. The largest absolute Gasteiger partial charge is 0.469 e. The molecule has 94 valence electrons. The summed E-state index contributed by atoms with van der Waals surface area (Å²) in [5.74, 6) is -0.250. The molecule has 0 aliphatic rings. The minimum atomic E-state index is -0.434. The van der Waals surface area contributed by atoms with Gasteiger partial charge in [-0.15, -0.1) is 0 Å². The van der Waals surface area contributed by atoms with Crippen LogP contribution < -0.4 is 5.73 Å². The predicted molar refractivity (Wildman–Crippen MR) is 66.5 cm³/mol. The minimum Gasteiger partial charge on any atom is -0.469 e. The van der Waals surface area contributed by atoms with Gasteiger partial charge in [0, 0.05) is 23.9 Å². The van der Waals surface area contributed by atoms with Gasteiger partial charge < -0.3 is 10.5 Å². The van der Waals surface area contributed by atoms with E-state index in [0.717, 1.165) is 12.0 Å². The molecular formula is C13H20N2O2. The van der Waals surface area contributed by atoms with E-state index in [1.807, 2.05) is 26.0 Å². The van der Waals surface area contributed by atoms with Crippen LogP contribution in [0.5, 0.6) is 0 Å². The molecular weight excluding hydrogens is 216 g/mol. The summed E-state index contributed by atoms with van der Waals surface area (Å²) in [7, 11) is 1.39. The van der Waals surface area contributed by atoms with Gasteiger partial charge in [-0.1, -0.05) is 19.9 Å². The van der Waals surface area contributed by atoms with Gasteiger partial charge in [-0.2, -0.15) is 0 Å². The Hall–Kier alpha value is -1.42. The van der Waals surface area contributed by atoms with Crippen molar-refractivity contribution in [3.8, 4) is 0 Å². The Labute approximate surface area is 102 Å². The third kappa shape index (κ3) is 3.03. The van der Waals surface area contributed by atoms with Gasteiger partial charge in [-0.3, -0.25) is 9.78 Å². The molecule has 17 heavy (non-hydrogen) atoms. The number of nitrogens with two attached hydrogens (primary N) is 1. The molecule has 0 amide bonds. The lowest BCUT2D eigenvalue weighted by atomic mass is 9.73. The molecule has 0 bridgehead atoms. The number of nitrogens with zero attached hydrogens (tertiary/aromatic N) is 1. The smallest absolute Gasteiger partial charge is 0.306 e. The number of pyridine rings is 1. The zero-order chi connectivity index (χ0) is 12.9. The van der Waals surface area contributed by atoms with Crippen molar-refractivity contribution in [3.05, 3.63) is 30.1 Å². The highest BCUT2D eigenvalue weighted by molar-refractivity contribution is 5.71. The van der Waals surface area contributed by atoms with Crippen LogP contribution in [-0.2, 0) is 14.9 Å². The third-order valence-electron chi connectivity index (χ3n) is 3.32.